The number of halogens is 2. The predicted molar refractivity (Wildman–Crippen MR) is 70.6 cm³/mol. The normalized spacial score (nSPS) is 10.4. The second kappa shape index (κ2) is 5.32. The fraction of sp³-hybridized carbons (Fsp3) is 0.133. The van der Waals surface area contributed by atoms with E-state index in [0.717, 1.165) is 11.1 Å². The Morgan fingerprint density at radius 2 is 1.94 bits per heavy atom. The van der Waals surface area contributed by atoms with Crippen molar-refractivity contribution in [2.45, 2.75) is 13.3 Å². The van der Waals surface area contributed by atoms with Gasteiger partial charge in [-0.1, -0.05) is 47.5 Å². The van der Waals surface area contributed by atoms with Crippen molar-refractivity contribution in [3.63, 3.8) is 0 Å². The lowest BCUT2D eigenvalue weighted by Gasteiger charge is -2.05. The van der Waals surface area contributed by atoms with E-state index < -0.39 is 5.82 Å². The average Bonchev–Trinajstić information content (AvgIpc) is 2.32. The van der Waals surface area contributed by atoms with Crippen LogP contribution in [0, 0.1) is 12.7 Å². The summed E-state index contributed by atoms with van der Waals surface area (Å²) >= 11 is 5.79. The van der Waals surface area contributed by atoms with E-state index in [1.165, 1.54) is 12.1 Å². The Labute approximate surface area is 110 Å². The van der Waals surface area contributed by atoms with Crippen LogP contribution < -0.4 is 0 Å². The summed E-state index contributed by atoms with van der Waals surface area (Å²) in [6, 6.07) is 11.9. The lowest BCUT2D eigenvalue weighted by atomic mass is 10.0. The van der Waals surface area contributed by atoms with E-state index in [4.69, 9.17) is 11.6 Å². The number of rotatable bonds is 3. The fourth-order valence-electron chi connectivity index (χ4n) is 1.82. The highest BCUT2D eigenvalue weighted by molar-refractivity contribution is 6.34. The molecule has 0 radical (unpaired) electrons. The molecule has 0 bridgehead atoms. The Kier molecular flexibility index (Phi) is 3.78. The van der Waals surface area contributed by atoms with Crippen molar-refractivity contribution >= 4 is 17.4 Å². The lowest BCUT2D eigenvalue weighted by Crippen LogP contribution is -2.05. The van der Waals surface area contributed by atoms with Crippen molar-refractivity contribution in [3.8, 4) is 0 Å². The molecule has 0 unspecified atom stereocenters. The molecule has 2 rings (SSSR count). The van der Waals surface area contributed by atoms with Crippen LogP contribution in [0.1, 0.15) is 21.5 Å². The third kappa shape index (κ3) is 2.77. The van der Waals surface area contributed by atoms with Gasteiger partial charge in [0.1, 0.15) is 5.82 Å². The van der Waals surface area contributed by atoms with Crippen molar-refractivity contribution in [3.05, 3.63) is 70.0 Å². The number of benzene rings is 2. The van der Waals surface area contributed by atoms with Gasteiger partial charge in [-0.25, -0.2) is 4.39 Å². The van der Waals surface area contributed by atoms with E-state index in [1.54, 1.807) is 6.07 Å². The van der Waals surface area contributed by atoms with Crippen molar-refractivity contribution in [2.24, 2.45) is 0 Å². The van der Waals surface area contributed by atoms with E-state index in [1.807, 2.05) is 31.2 Å². The van der Waals surface area contributed by atoms with Crippen LogP contribution in [0.15, 0.2) is 42.5 Å². The number of Topliss-reactive ketones (excluding diaryl/α,β-unsaturated/α-hetero) is 1. The zero-order valence-corrected chi connectivity index (χ0v) is 10.7. The van der Waals surface area contributed by atoms with Gasteiger partial charge in [0.25, 0.3) is 0 Å². The molecular formula is C15H12ClFO. The van der Waals surface area contributed by atoms with Gasteiger partial charge in [-0.15, -0.1) is 0 Å². The maximum atomic E-state index is 13.3. The zero-order chi connectivity index (χ0) is 13.1. The summed E-state index contributed by atoms with van der Waals surface area (Å²) in [6.07, 6.45) is 0.227. The first-order valence-corrected chi connectivity index (χ1v) is 5.98. The molecular weight excluding hydrogens is 251 g/mol. The van der Waals surface area contributed by atoms with Gasteiger partial charge in [0.05, 0.1) is 5.02 Å². The lowest BCUT2D eigenvalue weighted by molar-refractivity contribution is 0.0992. The van der Waals surface area contributed by atoms with Gasteiger partial charge in [-0.2, -0.15) is 0 Å². The molecule has 2 aromatic carbocycles. The van der Waals surface area contributed by atoms with E-state index >= 15 is 0 Å². The van der Waals surface area contributed by atoms with Gasteiger partial charge in [0.15, 0.2) is 5.78 Å². The van der Waals surface area contributed by atoms with Crippen LogP contribution in [0.25, 0.3) is 0 Å². The van der Waals surface area contributed by atoms with Gasteiger partial charge >= 0.3 is 0 Å². The van der Waals surface area contributed by atoms with Crippen LogP contribution in [-0.4, -0.2) is 5.78 Å². The molecule has 0 aromatic heterocycles. The third-order valence-electron chi connectivity index (χ3n) is 2.70. The van der Waals surface area contributed by atoms with Crippen LogP contribution in [-0.2, 0) is 6.42 Å². The minimum absolute atomic E-state index is 0.102. The Morgan fingerprint density at radius 1 is 1.22 bits per heavy atom. The van der Waals surface area contributed by atoms with Crippen LogP contribution in [0.4, 0.5) is 4.39 Å². The van der Waals surface area contributed by atoms with Gasteiger partial charge in [0, 0.05) is 12.0 Å². The first-order valence-electron chi connectivity index (χ1n) is 5.60. The second-order valence-corrected chi connectivity index (χ2v) is 4.57. The Balaban J connectivity index is 2.25. The van der Waals surface area contributed by atoms with Gasteiger partial charge < -0.3 is 0 Å². The van der Waals surface area contributed by atoms with Crippen molar-refractivity contribution in [1.82, 2.24) is 0 Å². The maximum absolute atomic E-state index is 13.3. The largest absolute Gasteiger partial charge is 0.294 e. The second-order valence-electron chi connectivity index (χ2n) is 4.19. The molecule has 0 aliphatic heterocycles. The first kappa shape index (κ1) is 12.8. The number of ketones is 1. The number of aryl methyl sites for hydroxylation is 1. The molecule has 92 valence electrons. The molecule has 0 amide bonds. The van der Waals surface area contributed by atoms with Crippen LogP contribution in [0.3, 0.4) is 0 Å². The Hall–Kier alpha value is -1.67. The molecule has 0 saturated heterocycles. The minimum atomic E-state index is -0.563. The molecule has 0 saturated carbocycles. The summed E-state index contributed by atoms with van der Waals surface area (Å²) in [7, 11) is 0. The Morgan fingerprint density at radius 3 is 2.67 bits per heavy atom. The van der Waals surface area contributed by atoms with Crippen LogP contribution in [0.5, 0.6) is 0 Å². The molecule has 0 atom stereocenters. The van der Waals surface area contributed by atoms with Gasteiger partial charge in [-0.3, -0.25) is 4.79 Å². The molecule has 2 aromatic rings. The summed E-state index contributed by atoms with van der Waals surface area (Å²) in [5.74, 6) is -0.739. The summed E-state index contributed by atoms with van der Waals surface area (Å²) < 4.78 is 13.3. The van der Waals surface area contributed by atoms with Gasteiger partial charge in [-0.05, 0) is 24.6 Å². The standard InChI is InChI=1S/C15H12ClFO/c1-10-4-2-5-11(8-10)9-14(18)12-6-3-7-13(17)15(12)16/h2-8H,9H2,1H3. The maximum Gasteiger partial charge on any atom is 0.168 e. The molecule has 18 heavy (non-hydrogen) atoms. The monoisotopic (exact) mass is 262 g/mol. The van der Waals surface area contributed by atoms with Crippen LogP contribution >= 0.6 is 11.6 Å². The SMILES string of the molecule is Cc1cccc(CC(=O)c2cccc(F)c2Cl)c1. The summed E-state index contributed by atoms with van der Waals surface area (Å²) in [6.45, 7) is 1.96. The smallest absolute Gasteiger partial charge is 0.168 e. The first-order chi connectivity index (χ1) is 8.58. The molecule has 1 nitrogen and oxygen atoms in total. The van der Waals surface area contributed by atoms with Gasteiger partial charge in [0.2, 0.25) is 0 Å². The highest BCUT2D eigenvalue weighted by Crippen LogP contribution is 2.21. The van der Waals surface area contributed by atoms with Crippen molar-refractivity contribution in [2.75, 3.05) is 0 Å². The van der Waals surface area contributed by atoms with E-state index in [9.17, 15) is 9.18 Å². The van der Waals surface area contributed by atoms with E-state index in [0.29, 0.717) is 0 Å². The third-order valence-corrected chi connectivity index (χ3v) is 3.08. The summed E-state index contributed by atoms with van der Waals surface area (Å²) in [4.78, 5) is 12.0. The molecule has 0 fully saturated rings. The highest BCUT2D eigenvalue weighted by atomic mass is 35.5. The number of hydrogen-bond acceptors (Lipinski definition) is 1. The quantitative estimate of drug-likeness (QED) is 0.757. The van der Waals surface area contributed by atoms with Crippen LogP contribution in [0.2, 0.25) is 5.02 Å². The highest BCUT2D eigenvalue weighted by Gasteiger charge is 2.13. The Bertz CT molecular complexity index is 593. The number of carbonyl (C=O) groups is 1. The number of carbonyl (C=O) groups excluding carboxylic acids is 1. The molecule has 0 aliphatic carbocycles. The minimum Gasteiger partial charge on any atom is -0.294 e. The van der Waals surface area contributed by atoms with E-state index in [2.05, 4.69) is 0 Å². The molecule has 0 aliphatic rings. The molecule has 3 heteroatoms. The van der Waals surface area contributed by atoms with Crippen molar-refractivity contribution < 1.29 is 9.18 Å². The molecule has 0 spiro atoms. The average molecular weight is 263 g/mol. The summed E-state index contributed by atoms with van der Waals surface area (Å²) in [5, 5.41) is -0.102. The molecule has 0 heterocycles. The van der Waals surface area contributed by atoms with Crippen molar-refractivity contribution in [1.29, 1.82) is 0 Å². The number of hydrogen-bond donors (Lipinski definition) is 0. The topological polar surface area (TPSA) is 17.1 Å². The predicted octanol–water partition coefficient (Wildman–Crippen LogP) is 4.21. The fourth-order valence-corrected chi connectivity index (χ4v) is 2.05. The molecule has 0 N–H and O–H groups in total. The van der Waals surface area contributed by atoms with E-state index in [-0.39, 0.29) is 22.8 Å². The zero-order valence-electron chi connectivity index (χ0n) is 9.91. The summed E-state index contributed by atoms with van der Waals surface area (Å²) in [5.41, 5.74) is 2.23.